The van der Waals surface area contributed by atoms with Crippen LogP contribution in [0.15, 0.2) is 24.3 Å². The molecule has 2 N–H and O–H groups in total. The van der Waals surface area contributed by atoms with Crippen molar-refractivity contribution in [2.75, 3.05) is 5.88 Å². The molecule has 0 aliphatic heterocycles. The molecular formula is C8H9Cl2N. The topological polar surface area (TPSA) is 26.0 Å². The van der Waals surface area contributed by atoms with Crippen molar-refractivity contribution in [2.45, 2.75) is 6.04 Å². The average Bonchev–Trinajstić information content (AvgIpc) is 2.03. The van der Waals surface area contributed by atoms with Crippen LogP contribution in [0.2, 0.25) is 5.02 Å². The van der Waals surface area contributed by atoms with Gasteiger partial charge in [0.05, 0.1) is 0 Å². The lowest BCUT2D eigenvalue weighted by Gasteiger charge is -2.07. The highest BCUT2D eigenvalue weighted by Gasteiger charge is 2.02. The molecule has 0 radical (unpaired) electrons. The summed E-state index contributed by atoms with van der Waals surface area (Å²) in [5.74, 6) is 0.417. The van der Waals surface area contributed by atoms with Crippen LogP contribution in [0.4, 0.5) is 0 Å². The summed E-state index contributed by atoms with van der Waals surface area (Å²) in [4.78, 5) is 0. The summed E-state index contributed by atoms with van der Waals surface area (Å²) in [6.45, 7) is 0. The van der Waals surface area contributed by atoms with Crippen LogP contribution < -0.4 is 5.73 Å². The molecule has 0 aliphatic rings. The fourth-order valence-electron chi connectivity index (χ4n) is 0.826. The highest BCUT2D eigenvalue weighted by molar-refractivity contribution is 6.30. The van der Waals surface area contributed by atoms with E-state index in [0.29, 0.717) is 10.9 Å². The lowest BCUT2D eigenvalue weighted by atomic mass is 10.1. The molecule has 1 aromatic carbocycles. The summed E-state index contributed by atoms with van der Waals surface area (Å²) >= 11 is 11.3. The maximum Gasteiger partial charge on any atom is 0.0432 e. The molecule has 1 rings (SSSR count). The zero-order chi connectivity index (χ0) is 8.27. The van der Waals surface area contributed by atoms with E-state index in [1.165, 1.54) is 0 Å². The Morgan fingerprint density at radius 1 is 1.45 bits per heavy atom. The molecule has 0 unspecified atom stereocenters. The van der Waals surface area contributed by atoms with Gasteiger partial charge < -0.3 is 5.73 Å². The molecule has 3 heteroatoms. The Bertz CT molecular complexity index is 237. The summed E-state index contributed by atoms with van der Waals surface area (Å²) in [6, 6.07) is 7.30. The zero-order valence-corrected chi connectivity index (χ0v) is 7.44. The molecule has 0 bridgehead atoms. The Kier molecular flexibility index (Phi) is 3.18. The molecule has 0 heterocycles. The Labute approximate surface area is 76.1 Å². The Morgan fingerprint density at radius 3 is 2.73 bits per heavy atom. The van der Waals surface area contributed by atoms with Crippen LogP contribution in [0.5, 0.6) is 0 Å². The standard InChI is InChI=1S/C8H9Cl2N/c9-5-8(11)6-2-1-3-7(10)4-6/h1-4,8H,5,11H2/t8-/m0/s1. The van der Waals surface area contributed by atoms with Gasteiger partial charge in [-0.1, -0.05) is 23.7 Å². The average molecular weight is 190 g/mol. The first-order chi connectivity index (χ1) is 5.24. The van der Waals surface area contributed by atoms with E-state index in [4.69, 9.17) is 28.9 Å². The molecule has 0 aliphatic carbocycles. The number of hydrogen-bond donors (Lipinski definition) is 1. The van der Waals surface area contributed by atoms with E-state index in [-0.39, 0.29) is 6.04 Å². The number of rotatable bonds is 2. The van der Waals surface area contributed by atoms with Crippen molar-refractivity contribution in [3.05, 3.63) is 34.9 Å². The van der Waals surface area contributed by atoms with E-state index in [9.17, 15) is 0 Å². The van der Waals surface area contributed by atoms with Gasteiger partial charge in [-0.15, -0.1) is 11.6 Å². The van der Waals surface area contributed by atoms with Crippen molar-refractivity contribution >= 4 is 23.2 Å². The number of benzene rings is 1. The largest absolute Gasteiger partial charge is 0.323 e. The van der Waals surface area contributed by atoms with Gasteiger partial charge in [-0.05, 0) is 17.7 Å². The molecule has 0 saturated carbocycles. The van der Waals surface area contributed by atoms with Gasteiger partial charge in [-0.2, -0.15) is 0 Å². The summed E-state index contributed by atoms with van der Waals surface area (Å²) in [7, 11) is 0. The molecule has 60 valence electrons. The summed E-state index contributed by atoms with van der Waals surface area (Å²) in [6.07, 6.45) is 0. The van der Waals surface area contributed by atoms with Crippen LogP contribution in [0.25, 0.3) is 0 Å². The SMILES string of the molecule is N[C@@H](CCl)c1cccc(Cl)c1. The monoisotopic (exact) mass is 189 g/mol. The van der Waals surface area contributed by atoms with E-state index in [1.807, 2.05) is 24.3 Å². The van der Waals surface area contributed by atoms with Gasteiger partial charge in [0.15, 0.2) is 0 Å². The predicted molar refractivity (Wildman–Crippen MR) is 49.1 cm³/mol. The molecular weight excluding hydrogens is 181 g/mol. The second kappa shape index (κ2) is 3.96. The second-order valence-corrected chi connectivity index (χ2v) is 3.06. The first kappa shape index (κ1) is 8.85. The lowest BCUT2D eigenvalue weighted by Crippen LogP contribution is -2.11. The summed E-state index contributed by atoms with van der Waals surface area (Å²) < 4.78 is 0. The number of hydrogen-bond acceptors (Lipinski definition) is 1. The van der Waals surface area contributed by atoms with Crippen molar-refractivity contribution in [2.24, 2.45) is 5.73 Å². The Hall–Kier alpha value is -0.240. The fourth-order valence-corrected chi connectivity index (χ4v) is 1.20. The maximum atomic E-state index is 5.75. The number of halogens is 2. The van der Waals surface area contributed by atoms with Crippen molar-refractivity contribution < 1.29 is 0 Å². The fraction of sp³-hybridized carbons (Fsp3) is 0.250. The second-order valence-electron chi connectivity index (χ2n) is 2.32. The van der Waals surface area contributed by atoms with Crippen LogP contribution in [0.3, 0.4) is 0 Å². The van der Waals surface area contributed by atoms with E-state index in [1.54, 1.807) is 0 Å². The third-order valence-corrected chi connectivity index (χ3v) is 2.01. The van der Waals surface area contributed by atoms with Crippen molar-refractivity contribution in [3.63, 3.8) is 0 Å². The normalized spacial score (nSPS) is 13.0. The van der Waals surface area contributed by atoms with Gasteiger partial charge in [0, 0.05) is 16.9 Å². The van der Waals surface area contributed by atoms with E-state index >= 15 is 0 Å². The molecule has 0 saturated heterocycles. The quantitative estimate of drug-likeness (QED) is 0.712. The lowest BCUT2D eigenvalue weighted by molar-refractivity contribution is 0.826. The summed E-state index contributed by atoms with van der Waals surface area (Å²) in [5.41, 5.74) is 6.65. The van der Waals surface area contributed by atoms with Crippen molar-refractivity contribution in [3.8, 4) is 0 Å². The van der Waals surface area contributed by atoms with E-state index < -0.39 is 0 Å². The molecule has 0 spiro atoms. The van der Waals surface area contributed by atoms with Crippen LogP contribution >= 0.6 is 23.2 Å². The van der Waals surface area contributed by atoms with Gasteiger partial charge in [-0.3, -0.25) is 0 Å². The number of alkyl halides is 1. The summed E-state index contributed by atoms with van der Waals surface area (Å²) in [5, 5.41) is 0.697. The highest BCUT2D eigenvalue weighted by Crippen LogP contribution is 2.16. The third-order valence-electron chi connectivity index (χ3n) is 1.44. The van der Waals surface area contributed by atoms with Crippen LogP contribution in [0.1, 0.15) is 11.6 Å². The van der Waals surface area contributed by atoms with Crippen LogP contribution in [-0.2, 0) is 0 Å². The maximum absolute atomic E-state index is 5.75. The molecule has 1 aromatic rings. The highest BCUT2D eigenvalue weighted by atomic mass is 35.5. The van der Waals surface area contributed by atoms with Gasteiger partial charge in [-0.25, -0.2) is 0 Å². The van der Waals surface area contributed by atoms with Gasteiger partial charge in [0.25, 0.3) is 0 Å². The van der Waals surface area contributed by atoms with Crippen molar-refractivity contribution in [1.29, 1.82) is 0 Å². The molecule has 11 heavy (non-hydrogen) atoms. The van der Waals surface area contributed by atoms with Gasteiger partial charge in [0.2, 0.25) is 0 Å². The molecule has 1 atom stereocenters. The molecule has 0 fully saturated rings. The molecule has 0 amide bonds. The van der Waals surface area contributed by atoms with E-state index in [2.05, 4.69) is 0 Å². The van der Waals surface area contributed by atoms with E-state index in [0.717, 1.165) is 5.56 Å². The van der Waals surface area contributed by atoms with Crippen molar-refractivity contribution in [1.82, 2.24) is 0 Å². The third kappa shape index (κ3) is 2.37. The first-order valence-electron chi connectivity index (χ1n) is 3.31. The zero-order valence-electron chi connectivity index (χ0n) is 5.93. The Balaban J connectivity index is 2.86. The van der Waals surface area contributed by atoms with Gasteiger partial charge >= 0.3 is 0 Å². The van der Waals surface area contributed by atoms with Crippen LogP contribution in [-0.4, -0.2) is 5.88 Å². The predicted octanol–water partition coefficient (Wildman–Crippen LogP) is 2.58. The first-order valence-corrected chi connectivity index (χ1v) is 4.22. The molecule has 0 aromatic heterocycles. The van der Waals surface area contributed by atoms with Crippen LogP contribution in [0, 0.1) is 0 Å². The Morgan fingerprint density at radius 2 is 2.18 bits per heavy atom. The minimum absolute atomic E-state index is 0.115. The molecule has 1 nitrogen and oxygen atoms in total. The minimum atomic E-state index is -0.115. The van der Waals surface area contributed by atoms with Gasteiger partial charge in [0.1, 0.15) is 0 Å². The number of nitrogens with two attached hydrogens (primary N) is 1. The minimum Gasteiger partial charge on any atom is -0.323 e. The smallest absolute Gasteiger partial charge is 0.0432 e.